The normalized spacial score (nSPS) is 20.8. The van der Waals surface area contributed by atoms with E-state index in [1.807, 2.05) is 57.2 Å². The largest absolute Gasteiger partial charge is 0.494 e. The van der Waals surface area contributed by atoms with Crippen LogP contribution in [0.1, 0.15) is 49.8 Å². The van der Waals surface area contributed by atoms with Gasteiger partial charge in [-0.05, 0) is 50.6 Å². The number of alkyl halides is 3. The van der Waals surface area contributed by atoms with E-state index in [0.29, 0.717) is 35.8 Å². The Morgan fingerprint density at radius 2 is 1.82 bits per heavy atom. The van der Waals surface area contributed by atoms with Gasteiger partial charge in [0.25, 0.3) is 0 Å². The maximum absolute atomic E-state index is 14.2. The van der Waals surface area contributed by atoms with E-state index in [1.165, 1.54) is 11.0 Å². The number of anilines is 1. The van der Waals surface area contributed by atoms with Gasteiger partial charge in [0.05, 0.1) is 13.2 Å². The van der Waals surface area contributed by atoms with Crippen LogP contribution in [0.25, 0.3) is 0 Å². The second-order valence-electron chi connectivity index (χ2n) is 9.21. The van der Waals surface area contributed by atoms with Crippen LogP contribution in [0.15, 0.2) is 59.0 Å². The summed E-state index contributed by atoms with van der Waals surface area (Å²) in [5.41, 5.74) is 0.438. The summed E-state index contributed by atoms with van der Waals surface area (Å²) in [6.07, 6.45) is -4.21. The number of carbonyl (C=O) groups excluding carboxylic acids is 1. The molecule has 1 spiro atoms. The number of hydrogen-bond donors (Lipinski definition) is 0. The molecule has 0 fully saturated rings. The Bertz CT molecular complexity index is 1260. The van der Waals surface area contributed by atoms with Gasteiger partial charge in [0, 0.05) is 23.7 Å². The fourth-order valence-corrected chi connectivity index (χ4v) is 5.15. The molecule has 0 aliphatic carbocycles. The van der Waals surface area contributed by atoms with Crippen molar-refractivity contribution in [3.63, 3.8) is 0 Å². The number of benzene rings is 2. The summed E-state index contributed by atoms with van der Waals surface area (Å²) in [6.45, 7) is 6.11. The molecule has 0 N–H and O–H groups in total. The zero-order valence-electron chi connectivity index (χ0n) is 19.0. The van der Waals surface area contributed by atoms with Gasteiger partial charge in [0.2, 0.25) is 11.7 Å². The molecule has 3 heterocycles. The number of ether oxygens (including phenoxy) is 2. The van der Waals surface area contributed by atoms with Crippen molar-refractivity contribution >= 4 is 11.6 Å². The minimum atomic E-state index is -4.59. The molecule has 0 saturated carbocycles. The van der Waals surface area contributed by atoms with Crippen molar-refractivity contribution in [2.45, 2.75) is 50.9 Å². The lowest BCUT2D eigenvalue weighted by atomic mass is 9.67. The summed E-state index contributed by atoms with van der Waals surface area (Å²) in [7, 11) is 0. The van der Waals surface area contributed by atoms with Crippen LogP contribution in [0.4, 0.5) is 18.9 Å². The molecule has 34 heavy (non-hydrogen) atoms. The Labute approximate surface area is 195 Å². The van der Waals surface area contributed by atoms with Crippen molar-refractivity contribution in [2.24, 2.45) is 0 Å². The van der Waals surface area contributed by atoms with Crippen LogP contribution in [0, 0.1) is 0 Å². The molecule has 1 aromatic heterocycles. The van der Waals surface area contributed by atoms with E-state index < -0.39 is 23.0 Å². The summed E-state index contributed by atoms with van der Waals surface area (Å²) >= 11 is 0. The van der Waals surface area contributed by atoms with Gasteiger partial charge in [-0.2, -0.15) is 13.2 Å². The van der Waals surface area contributed by atoms with Crippen LogP contribution in [0.2, 0.25) is 0 Å². The highest BCUT2D eigenvalue weighted by molar-refractivity contribution is 6.11. The lowest BCUT2D eigenvalue weighted by molar-refractivity contribution is -0.153. The van der Waals surface area contributed by atoms with E-state index in [4.69, 9.17) is 13.9 Å². The molecule has 0 radical (unpaired) electrons. The summed E-state index contributed by atoms with van der Waals surface area (Å²) in [4.78, 5) is 15.7. The van der Waals surface area contributed by atoms with Crippen molar-refractivity contribution < 1.29 is 31.9 Å². The Hall–Kier alpha value is -3.42. The smallest absolute Gasteiger partial charge is 0.449 e. The fraction of sp³-hybridized carbons (Fsp3) is 0.346. The van der Waals surface area contributed by atoms with Crippen LogP contribution < -0.4 is 14.4 Å². The van der Waals surface area contributed by atoms with Crippen molar-refractivity contribution in [1.29, 1.82) is 0 Å². The van der Waals surface area contributed by atoms with Gasteiger partial charge in [0.1, 0.15) is 28.3 Å². The van der Waals surface area contributed by atoms with Crippen LogP contribution in [0.5, 0.6) is 11.5 Å². The Kier molecular flexibility index (Phi) is 4.97. The number of furan rings is 1. The zero-order chi connectivity index (χ0) is 24.3. The lowest BCUT2D eigenvalue weighted by Gasteiger charge is -2.43. The number of halogens is 3. The topological polar surface area (TPSA) is 51.9 Å². The van der Waals surface area contributed by atoms with E-state index in [0.717, 1.165) is 11.6 Å². The minimum Gasteiger partial charge on any atom is -0.494 e. The fourth-order valence-electron chi connectivity index (χ4n) is 5.15. The maximum Gasteiger partial charge on any atom is 0.449 e. The van der Waals surface area contributed by atoms with Gasteiger partial charge < -0.3 is 18.8 Å². The molecule has 2 aliphatic heterocycles. The number of hydrogen-bond acceptors (Lipinski definition) is 4. The minimum absolute atomic E-state index is 0.0609. The lowest BCUT2D eigenvalue weighted by Crippen LogP contribution is -2.50. The van der Waals surface area contributed by atoms with Crippen LogP contribution >= 0.6 is 0 Å². The second kappa shape index (κ2) is 7.55. The first-order valence-corrected chi connectivity index (χ1v) is 11.1. The van der Waals surface area contributed by atoms with E-state index >= 15 is 0 Å². The van der Waals surface area contributed by atoms with Crippen LogP contribution in [-0.2, 0) is 22.9 Å². The summed E-state index contributed by atoms with van der Waals surface area (Å²) < 4.78 is 56.1. The van der Waals surface area contributed by atoms with Crippen molar-refractivity contribution in [3.8, 4) is 11.5 Å². The molecule has 0 saturated heterocycles. The van der Waals surface area contributed by atoms with Crippen molar-refractivity contribution in [1.82, 2.24) is 0 Å². The average molecular weight is 471 g/mol. The third-order valence-electron chi connectivity index (χ3n) is 6.32. The third-order valence-corrected chi connectivity index (χ3v) is 6.32. The molecule has 0 bridgehead atoms. The molecule has 1 atom stereocenters. The quantitative estimate of drug-likeness (QED) is 0.462. The number of carbonyl (C=O) groups is 1. The van der Waals surface area contributed by atoms with E-state index in [1.54, 1.807) is 6.07 Å². The number of amides is 1. The Balaban J connectivity index is 1.63. The molecular weight excluding hydrogens is 447 g/mol. The predicted molar refractivity (Wildman–Crippen MR) is 119 cm³/mol. The number of nitrogens with zero attached hydrogens (tertiary/aromatic N) is 1. The third kappa shape index (κ3) is 3.43. The average Bonchev–Trinajstić information content (AvgIpc) is 3.32. The molecule has 8 heteroatoms. The number of rotatable bonds is 4. The highest BCUT2D eigenvalue weighted by atomic mass is 19.4. The summed E-state index contributed by atoms with van der Waals surface area (Å²) in [6, 6.07) is 15.0. The molecule has 1 unspecified atom stereocenters. The monoisotopic (exact) mass is 471 g/mol. The van der Waals surface area contributed by atoms with Crippen molar-refractivity contribution in [3.05, 3.63) is 77.2 Å². The highest BCUT2D eigenvalue weighted by Crippen LogP contribution is 2.56. The first-order valence-electron chi connectivity index (χ1n) is 11.1. The predicted octanol–water partition coefficient (Wildman–Crippen LogP) is 6.09. The van der Waals surface area contributed by atoms with Gasteiger partial charge in [-0.1, -0.05) is 24.3 Å². The Morgan fingerprint density at radius 3 is 2.53 bits per heavy atom. The van der Waals surface area contributed by atoms with E-state index in [9.17, 15) is 18.0 Å². The van der Waals surface area contributed by atoms with Crippen LogP contribution in [0.3, 0.4) is 0 Å². The SMILES string of the molecule is CCOc1ccc2c(c1)OC(C)(C)CC21C(=O)N(Cc2ccc(C(F)(F)F)o2)c2ccccc21. The number of fused-ring (bicyclic) bond motifs is 4. The standard InChI is InChI=1S/C26H24F3NO4/c1-4-32-16-9-11-19-21(13-16)34-24(2,3)15-25(19)18-7-5-6-8-20(18)30(23(25)31)14-17-10-12-22(33-17)26(27,28)29/h5-13H,4,14-15H2,1-3H3. The summed E-state index contributed by atoms with van der Waals surface area (Å²) in [5, 5.41) is 0. The molecule has 2 aromatic carbocycles. The molecular formula is C26H24F3NO4. The van der Waals surface area contributed by atoms with Crippen molar-refractivity contribution in [2.75, 3.05) is 11.5 Å². The molecule has 178 valence electrons. The Morgan fingerprint density at radius 1 is 1.06 bits per heavy atom. The van der Waals surface area contributed by atoms with Gasteiger partial charge in [-0.15, -0.1) is 0 Å². The molecule has 2 aliphatic rings. The molecule has 1 amide bonds. The van der Waals surface area contributed by atoms with Crippen LogP contribution in [-0.4, -0.2) is 18.1 Å². The van der Waals surface area contributed by atoms with E-state index in [2.05, 4.69) is 0 Å². The van der Waals surface area contributed by atoms with Gasteiger partial charge >= 0.3 is 6.18 Å². The maximum atomic E-state index is 14.2. The second-order valence-corrected chi connectivity index (χ2v) is 9.21. The molecule has 5 nitrogen and oxygen atoms in total. The van der Waals surface area contributed by atoms with Gasteiger partial charge in [-0.25, -0.2) is 0 Å². The summed E-state index contributed by atoms with van der Waals surface area (Å²) in [5.74, 6) is -0.0473. The van der Waals surface area contributed by atoms with E-state index in [-0.39, 0.29) is 18.2 Å². The van der Waals surface area contributed by atoms with Gasteiger partial charge in [0.15, 0.2) is 0 Å². The molecule has 5 rings (SSSR count). The zero-order valence-corrected chi connectivity index (χ0v) is 19.0. The first kappa shape index (κ1) is 22.4. The highest BCUT2D eigenvalue weighted by Gasteiger charge is 2.58. The molecule has 3 aromatic rings. The van der Waals surface area contributed by atoms with Gasteiger partial charge in [-0.3, -0.25) is 4.79 Å². The first-order chi connectivity index (χ1) is 16.0. The number of para-hydroxylation sites is 1.